The summed E-state index contributed by atoms with van der Waals surface area (Å²) in [5.74, 6) is 5.65. The number of nitrogens with one attached hydrogen (secondary N) is 2. The van der Waals surface area contributed by atoms with E-state index >= 15 is 0 Å². The SMILES string of the molecule is CC(C)NS(=O)(=O)NCc1cc(C#CCN)cs1. The molecule has 1 aromatic heterocycles. The van der Waals surface area contributed by atoms with E-state index in [0.717, 1.165) is 10.4 Å². The van der Waals surface area contributed by atoms with Gasteiger partial charge in [0, 0.05) is 28.4 Å². The summed E-state index contributed by atoms with van der Waals surface area (Å²) in [7, 11) is -3.44. The van der Waals surface area contributed by atoms with Gasteiger partial charge >= 0.3 is 0 Å². The molecule has 0 aliphatic heterocycles. The first-order valence-electron chi connectivity index (χ1n) is 5.46. The Morgan fingerprint density at radius 1 is 1.50 bits per heavy atom. The molecule has 0 aliphatic rings. The van der Waals surface area contributed by atoms with Gasteiger partial charge in [0.05, 0.1) is 6.54 Å². The minimum Gasteiger partial charge on any atom is -0.320 e. The topological polar surface area (TPSA) is 84.2 Å². The molecule has 1 aromatic rings. The van der Waals surface area contributed by atoms with Crippen LogP contribution >= 0.6 is 11.3 Å². The Morgan fingerprint density at radius 3 is 2.83 bits per heavy atom. The van der Waals surface area contributed by atoms with E-state index in [-0.39, 0.29) is 12.6 Å². The van der Waals surface area contributed by atoms with Crippen LogP contribution in [0.25, 0.3) is 0 Å². The summed E-state index contributed by atoms with van der Waals surface area (Å²) in [6.07, 6.45) is 0. The Kier molecular flexibility index (Phi) is 5.78. The molecule has 1 heterocycles. The van der Waals surface area contributed by atoms with Crippen molar-refractivity contribution in [3.05, 3.63) is 21.9 Å². The van der Waals surface area contributed by atoms with E-state index in [1.54, 1.807) is 13.8 Å². The first-order chi connectivity index (χ1) is 8.43. The number of rotatable bonds is 5. The van der Waals surface area contributed by atoms with Crippen LogP contribution in [0.15, 0.2) is 11.4 Å². The molecular weight excluding hydrogens is 270 g/mol. The van der Waals surface area contributed by atoms with E-state index in [1.807, 2.05) is 11.4 Å². The van der Waals surface area contributed by atoms with Crippen LogP contribution in [0, 0.1) is 11.8 Å². The van der Waals surface area contributed by atoms with Crippen molar-refractivity contribution >= 4 is 21.5 Å². The fraction of sp³-hybridized carbons (Fsp3) is 0.455. The van der Waals surface area contributed by atoms with E-state index in [4.69, 9.17) is 5.73 Å². The van der Waals surface area contributed by atoms with Gasteiger partial charge in [0.1, 0.15) is 0 Å². The van der Waals surface area contributed by atoms with E-state index in [2.05, 4.69) is 21.3 Å². The lowest BCUT2D eigenvalue weighted by molar-refractivity contribution is 0.555. The van der Waals surface area contributed by atoms with Crippen LogP contribution in [0.4, 0.5) is 0 Å². The van der Waals surface area contributed by atoms with Gasteiger partial charge in [0.2, 0.25) is 0 Å². The molecule has 0 fully saturated rings. The Bertz CT molecular complexity index is 538. The second-order valence-electron chi connectivity index (χ2n) is 3.90. The van der Waals surface area contributed by atoms with Gasteiger partial charge < -0.3 is 5.73 Å². The van der Waals surface area contributed by atoms with Gasteiger partial charge in [-0.2, -0.15) is 17.9 Å². The van der Waals surface area contributed by atoms with Crippen LogP contribution in [0.5, 0.6) is 0 Å². The van der Waals surface area contributed by atoms with Crippen molar-refractivity contribution in [3.8, 4) is 11.8 Å². The summed E-state index contributed by atoms with van der Waals surface area (Å²) in [5.41, 5.74) is 6.13. The summed E-state index contributed by atoms with van der Waals surface area (Å²) < 4.78 is 28.0. The summed E-state index contributed by atoms with van der Waals surface area (Å²) in [4.78, 5) is 0.908. The van der Waals surface area contributed by atoms with E-state index in [0.29, 0.717) is 6.54 Å². The van der Waals surface area contributed by atoms with Gasteiger partial charge in [-0.15, -0.1) is 11.3 Å². The van der Waals surface area contributed by atoms with Gasteiger partial charge in [-0.3, -0.25) is 0 Å². The normalized spacial score (nSPS) is 11.3. The van der Waals surface area contributed by atoms with Gasteiger partial charge in [-0.05, 0) is 19.9 Å². The highest BCUT2D eigenvalue weighted by Gasteiger charge is 2.11. The van der Waals surface area contributed by atoms with E-state index in [9.17, 15) is 8.42 Å². The molecule has 0 saturated carbocycles. The maximum Gasteiger partial charge on any atom is 0.277 e. The number of hydrogen-bond donors (Lipinski definition) is 3. The van der Waals surface area contributed by atoms with Crippen LogP contribution in [-0.2, 0) is 16.8 Å². The summed E-state index contributed by atoms with van der Waals surface area (Å²) in [5, 5.41) is 1.88. The van der Waals surface area contributed by atoms with Crippen LogP contribution in [0.2, 0.25) is 0 Å². The average molecular weight is 287 g/mol. The molecule has 0 unspecified atom stereocenters. The molecule has 0 aliphatic carbocycles. The number of nitrogens with two attached hydrogens (primary N) is 1. The second-order valence-corrected chi connectivity index (χ2v) is 6.43. The van der Waals surface area contributed by atoms with E-state index < -0.39 is 10.2 Å². The largest absolute Gasteiger partial charge is 0.320 e. The molecule has 0 bridgehead atoms. The van der Waals surface area contributed by atoms with E-state index in [1.165, 1.54) is 11.3 Å². The zero-order valence-corrected chi connectivity index (χ0v) is 12.0. The lowest BCUT2D eigenvalue weighted by Crippen LogP contribution is -2.39. The van der Waals surface area contributed by atoms with Gasteiger partial charge in [-0.25, -0.2) is 0 Å². The average Bonchev–Trinajstić information content (AvgIpc) is 2.70. The quantitative estimate of drug-likeness (QED) is 0.685. The fourth-order valence-electron chi connectivity index (χ4n) is 1.21. The van der Waals surface area contributed by atoms with Crippen molar-refractivity contribution in [2.45, 2.75) is 26.4 Å². The number of thiophene rings is 1. The zero-order chi connectivity index (χ0) is 13.6. The Morgan fingerprint density at radius 2 is 2.22 bits per heavy atom. The predicted octanol–water partition coefficient (Wildman–Crippen LogP) is 0.391. The van der Waals surface area contributed by atoms with Crippen molar-refractivity contribution in [3.63, 3.8) is 0 Å². The summed E-state index contributed by atoms with van der Waals surface area (Å²) >= 11 is 1.46. The molecule has 7 heteroatoms. The molecule has 1 rings (SSSR count). The second kappa shape index (κ2) is 6.87. The molecule has 0 aromatic carbocycles. The molecule has 5 nitrogen and oxygen atoms in total. The van der Waals surface area contributed by atoms with Gasteiger partial charge in [0.15, 0.2) is 0 Å². The van der Waals surface area contributed by atoms with Gasteiger partial charge in [0.25, 0.3) is 10.2 Å². The van der Waals surface area contributed by atoms with Crippen molar-refractivity contribution < 1.29 is 8.42 Å². The van der Waals surface area contributed by atoms with Crippen molar-refractivity contribution in [1.29, 1.82) is 0 Å². The maximum atomic E-state index is 11.5. The summed E-state index contributed by atoms with van der Waals surface area (Å²) in [6, 6.07) is 1.72. The Labute approximate surface area is 112 Å². The fourth-order valence-corrected chi connectivity index (χ4v) is 3.11. The zero-order valence-electron chi connectivity index (χ0n) is 10.4. The minimum atomic E-state index is -3.44. The highest BCUT2D eigenvalue weighted by molar-refractivity contribution is 7.87. The molecule has 0 spiro atoms. The predicted molar refractivity (Wildman–Crippen MR) is 74.3 cm³/mol. The van der Waals surface area contributed by atoms with Crippen molar-refractivity contribution in [2.24, 2.45) is 5.73 Å². The molecule has 0 saturated heterocycles. The molecule has 0 radical (unpaired) electrons. The van der Waals surface area contributed by atoms with Crippen LogP contribution in [-0.4, -0.2) is 21.0 Å². The smallest absolute Gasteiger partial charge is 0.277 e. The first kappa shape index (κ1) is 15.1. The molecule has 18 heavy (non-hydrogen) atoms. The van der Waals surface area contributed by atoms with Crippen molar-refractivity contribution in [1.82, 2.24) is 9.44 Å². The van der Waals surface area contributed by atoms with Gasteiger partial charge in [-0.1, -0.05) is 11.8 Å². The molecule has 0 atom stereocenters. The Balaban J connectivity index is 2.56. The van der Waals surface area contributed by atoms with Crippen LogP contribution < -0.4 is 15.2 Å². The minimum absolute atomic E-state index is 0.128. The Hall–Kier alpha value is -0.910. The summed E-state index contributed by atoms with van der Waals surface area (Å²) in [6.45, 7) is 4.11. The monoisotopic (exact) mass is 287 g/mol. The van der Waals surface area contributed by atoms with Crippen molar-refractivity contribution in [2.75, 3.05) is 6.54 Å². The molecule has 4 N–H and O–H groups in total. The van der Waals surface area contributed by atoms with Crippen LogP contribution in [0.3, 0.4) is 0 Å². The lowest BCUT2D eigenvalue weighted by Gasteiger charge is -2.09. The maximum absolute atomic E-state index is 11.5. The third-order valence-corrected chi connectivity index (χ3v) is 4.06. The molecule has 0 amide bonds. The molecule has 100 valence electrons. The third kappa shape index (κ3) is 5.62. The molecular formula is C11H17N3O2S2. The standard InChI is InChI=1S/C11H17N3O2S2/c1-9(2)14-18(15,16)13-7-11-6-10(8-17-11)4-3-5-12/h6,8-9,13-14H,5,7,12H2,1-2H3. The first-order valence-corrected chi connectivity index (χ1v) is 7.82. The van der Waals surface area contributed by atoms with Crippen LogP contribution in [0.1, 0.15) is 24.3 Å². The highest BCUT2D eigenvalue weighted by Crippen LogP contribution is 2.13. The highest BCUT2D eigenvalue weighted by atomic mass is 32.2. The third-order valence-electron chi connectivity index (χ3n) is 1.82. The number of hydrogen-bond acceptors (Lipinski definition) is 4. The lowest BCUT2D eigenvalue weighted by atomic mass is 10.3.